The number of carboxylic acid groups (broad SMARTS) is 1. The van der Waals surface area contributed by atoms with E-state index in [0.717, 1.165) is 10.6 Å². The molecule has 0 amide bonds. The van der Waals surface area contributed by atoms with Gasteiger partial charge in [-0.15, -0.1) is 0 Å². The average molecular weight is 302 g/mol. The highest BCUT2D eigenvalue weighted by atomic mass is 32.2. The number of carbonyl (C=O) groups is 1. The van der Waals surface area contributed by atoms with Gasteiger partial charge in [-0.05, 0) is 12.5 Å². The van der Waals surface area contributed by atoms with Crippen LogP contribution in [0.25, 0.3) is 0 Å². The van der Waals surface area contributed by atoms with Crippen molar-refractivity contribution in [2.75, 3.05) is 6.54 Å². The van der Waals surface area contributed by atoms with Crippen LogP contribution in [-0.2, 0) is 14.8 Å². The van der Waals surface area contributed by atoms with Crippen LogP contribution < -0.4 is 0 Å². The SMILES string of the molecule is N#Cc1ccoc1S(=O)(=O)N1C[C@@H](F)C[C@H]1CC(=O)O. The summed E-state index contributed by atoms with van der Waals surface area (Å²) in [6, 6.07) is 1.86. The molecule has 0 unspecified atom stereocenters. The lowest BCUT2D eigenvalue weighted by atomic mass is 10.1. The van der Waals surface area contributed by atoms with Crippen LogP contribution in [0.2, 0.25) is 0 Å². The molecule has 1 aliphatic heterocycles. The van der Waals surface area contributed by atoms with Gasteiger partial charge in [0.25, 0.3) is 15.1 Å². The van der Waals surface area contributed by atoms with Crippen molar-refractivity contribution in [3.8, 4) is 6.07 Å². The summed E-state index contributed by atoms with van der Waals surface area (Å²) in [7, 11) is -4.22. The molecule has 0 spiro atoms. The predicted octanol–water partition coefficient (Wildman–Crippen LogP) is 0.727. The van der Waals surface area contributed by atoms with E-state index in [1.807, 2.05) is 0 Å². The zero-order valence-corrected chi connectivity index (χ0v) is 11.0. The number of hydrogen-bond acceptors (Lipinski definition) is 5. The number of carboxylic acids is 1. The first-order valence-electron chi connectivity index (χ1n) is 5.71. The molecule has 2 atom stereocenters. The summed E-state index contributed by atoms with van der Waals surface area (Å²) in [6.45, 7) is -0.439. The fourth-order valence-electron chi connectivity index (χ4n) is 2.20. The summed E-state index contributed by atoms with van der Waals surface area (Å²) in [4.78, 5) is 10.7. The van der Waals surface area contributed by atoms with Crippen molar-refractivity contribution < 1.29 is 27.1 Å². The van der Waals surface area contributed by atoms with Gasteiger partial charge in [0.2, 0.25) is 0 Å². The van der Waals surface area contributed by atoms with Gasteiger partial charge in [-0.2, -0.15) is 9.57 Å². The molecule has 7 nitrogen and oxygen atoms in total. The number of halogens is 1. The lowest BCUT2D eigenvalue weighted by Gasteiger charge is -2.21. The Morgan fingerprint density at radius 2 is 2.35 bits per heavy atom. The van der Waals surface area contributed by atoms with Crippen LogP contribution in [0.3, 0.4) is 0 Å². The van der Waals surface area contributed by atoms with Gasteiger partial charge in [-0.1, -0.05) is 0 Å². The van der Waals surface area contributed by atoms with Crippen molar-refractivity contribution in [1.82, 2.24) is 4.31 Å². The highest BCUT2D eigenvalue weighted by Gasteiger charge is 2.43. The Balaban J connectivity index is 2.38. The van der Waals surface area contributed by atoms with Gasteiger partial charge < -0.3 is 9.52 Å². The van der Waals surface area contributed by atoms with E-state index in [1.165, 1.54) is 6.07 Å². The number of nitriles is 1. The Morgan fingerprint density at radius 1 is 1.65 bits per heavy atom. The van der Waals surface area contributed by atoms with Gasteiger partial charge >= 0.3 is 5.97 Å². The van der Waals surface area contributed by atoms with E-state index < -0.39 is 46.3 Å². The molecule has 1 fully saturated rings. The molecule has 0 saturated carbocycles. The van der Waals surface area contributed by atoms with Gasteiger partial charge in [-0.25, -0.2) is 12.8 Å². The van der Waals surface area contributed by atoms with E-state index in [4.69, 9.17) is 14.8 Å². The maximum absolute atomic E-state index is 13.4. The van der Waals surface area contributed by atoms with E-state index in [0.29, 0.717) is 0 Å². The topological polar surface area (TPSA) is 112 Å². The second-order valence-corrected chi connectivity index (χ2v) is 6.18. The van der Waals surface area contributed by atoms with Crippen molar-refractivity contribution in [3.63, 3.8) is 0 Å². The molecule has 9 heteroatoms. The van der Waals surface area contributed by atoms with Crippen molar-refractivity contribution in [1.29, 1.82) is 5.26 Å². The summed E-state index contributed by atoms with van der Waals surface area (Å²) >= 11 is 0. The van der Waals surface area contributed by atoms with Crippen molar-refractivity contribution in [2.45, 2.75) is 30.1 Å². The van der Waals surface area contributed by atoms with E-state index in [1.54, 1.807) is 6.07 Å². The van der Waals surface area contributed by atoms with Crippen LogP contribution >= 0.6 is 0 Å². The molecular weight excluding hydrogens is 291 g/mol. The molecule has 108 valence electrons. The van der Waals surface area contributed by atoms with E-state index in [9.17, 15) is 17.6 Å². The van der Waals surface area contributed by atoms with Crippen molar-refractivity contribution in [2.24, 2.45) is 0 Å². The number of rotatable bonds is 4. The van der Waals surface area contributed by atoms with Gasteiger partial charge in [-0.3, -0.25) is 4.79 Å². The standard InChI is InChI=1S/C11H11FN2O5S/c12-8-3-9(4-10(15)16)14(6-8)20(17,18)11-7(5-13)1-2-19-11/h1-2,8-9H,3-4,6H2,(H,15,16)/t8-,9-/m0/s1. The van der Waals surface area contributed by atoms with Crippen molar-refractivity contribution in [3.05, 3.63) is 17.9 Å². The maximum Gasteiger partial charge on any atom is 0.304 e. The fourth-order valence-corrected chi connectivity index (χ4v) is 3.89. The molecule has 0 aromatic carbocycles. The van der Waals surface area contributed by atoms with Crippen LogP contribution in [0.4, 0.5) is 4.39 Å². The number of furan rings is 1. The Labute approximate surface area is 114 Å². The summed E-state index contributed by atoms with van der Waals surface area (Å²) in [5.41, 5.74) is -0.193. The number of alkyl halides is 1. The lowest BCUT2D eigenvalue weighted by Crippen LogP contribution is -2.37. The van der Waals surface area contributed by atoms with Gasteiger partial charge in [0.15, 0.2) is 0 Å². The normalized spacial score (nSPS) is 23.6. The van der Waals surface area contributed by atoms with Crippen LogP contribution in [-0.4, -0.2) is 42.6 Å². The molecule has 20 heavy (non-hydrogen) atoms. The summed E-state index contributed by atoms with van der Waals surface area (Å²) in [5.74, 6) is -1.22. The Kier molecular flexibility index (Phi) is 3.78. The molecular formula is C11H11FN2O5S. The summed E-state index contributed by atoms with van der Waals surface area (Å²) < 4.78 is 43.7. The van der Waals surface area contributed by atoms with Crippen LogP contribution in [0.5, 0.6) is 0 Å². The van der Waals surface area contributed by atoms with Crippen molar-refractivity contribution >= 4 is 16.0 Å². The third kappa shape index (κ3) is 2.52. The number of nitrogens with zero attached hydrogens (tertiary/aromatic N) is 2. The molecule has 0 aliphatic carbocycles. The molecule has 2 rings (SSSR count). The largest absolute Gasteiger partial charge is 0.481 e. The minimum Gasteiger partial charge on any atom is -0.481 e. The highest BCUT2D eigenvalue weighted by Crippen LogP contribution is 2.31. The first-order valence-corrected chi connectivity index (χ1v) is 7.15. The second-order valence-electron chi connectivity index (χ2n) is 4.39. The molecule has 0 radical (unpaired) electrons. The van der Waals surface area contributed by atoms with E-state index in [2.05, 4.69) is 0 Å². The first kappa shape index (κ1) is 14.5. The number of aliphatic carboxylic acids is 1. The second kappa shape index (κ2) is 5.22. The maximum atomic E-state index is 13.4. The molecule has 0 bridgehead atoms. The molecule has 1 aromatic rings. The zero-order valence-electron chi connectivity index (χ0n) is 10.2. The molecule has 1 N–H and O–H groups in total. The first-order chi connectivity index (χ1) is 9.36. The Hall–Kier alpha value is -1.92. The predicted molar refractivity (Wildman–Crippen MR) is 62.9 cm³/mol. The quantitative estimate of drug-likeness (QED) is 0.877. The number of sulfonamides is 1. The fraction of sp³-hybridized carbons (Fsp3) is 0.455. The molecule has 1 aliphatic rings. The molecule has 1 saturated heterocycles. The smallest absolute Gasteiger partial charge is 0.304 e. The molecule has 1 aromatic heterocycles. The zero-order chi connectivity index (χ0) is 14.9. The third-order valence-corrected chi connectivity index (χ3v) is 4.87. The monoisotopic (exact) mass is 302 g/mol. The van der Waals surface area contributed by atoms with Gasteiger partial charge in [0.05, 0.1) is 12.7 Å². The van der Waals surface area contributed by atoms with Crippen LogP contribution in [0.1, 0.15) is 18.4 Å². The van der Waals surface area contributed by atoms with Crippen LogP contribution in [0.15, 0.2) is 21.8 Å². The lowest BCUT2D eigenvalue weighted by molar-refractivity contribution is -0.137. The third-order valence-electron chi connectivity index (χ3n) is 3.02. The van der Waals surface area contributed by atoms with Gasteiger partial charge in [0, 0.05) is 12.6 Å². The minimum atomic E-state index is -4.22. The summed E-state index contributed by atoms with van der Waals surface area (Å²) in [5, 5.41) is 17.0. The van der Waals surface area contributed by atoms with Crippen LogP contribution in [0, 0.1) is 11.3 Å². The average Bonchev–Trinajstić information content (AvgIpc) is 2.95. The van der Waals surface area contributed by atoms with E-state index >= 15 is 0 Å². The minimum absolute atomic E-state index is 0.186. The Bertz CT molecular complexity index is 663. The molecule has 2 heterocycles. The van der Waals surface area contributed by atoms with Gasteiger partial charge in [0.1, 0.15) is 17.8 Å². The summed E-state index contributed by atoms with van der Waals surface area (Å²) in [6.07, 6.45) is -1.08. The Morgan fingerprint density at radius 3 is 2.95 bits per heavy atom. The number of hydrogen-bond donors (Lipinski definition) is 1. The highest BCUT2D eigenvalue weighted by molar-refractivity contribution is 7.89. The van der Waals surface area contributed by atoms with E-state index in [-0.39, 0.29) is 12.0 Å².